The molecule has 1 heterocycles. The first-order valence-electron chi connectivity index (χ1n) is 5.69. The molecule has 0 fully saturated rings. The molecule has 11 heteroatoms. The smallest absolute Gasteiger partial charge is 0.416 e. The van der Waals surface area contributed by atoms with Crippen LogP contribution in [0.1, 0.15) is 16.1 Å². The number of aromatic nitrogens is 2. The highest BCUT2D eigenvalue weighted by Crippen LogP contribution is 2.35. The summed E-state index contributed by atoms with van der Waals surface area (Å²) < 4.78 is 38.7. The number of nitrogens with two attached hydrogens (primary N) is 1. The molecule has 1 aromatic carbocycles. The molecule has 0 aliphatic heterocycles. The number of thioether (sulfide) groups is 1. The van der Waals surface area contributed by atoms with Crippen molar-refractivity contribution in [1.82, 2.24) is 9.78 Å². The number of nitrogen functional groups attached to an aromatic ring is 1. The van der Waals surface area contributed by atoms with E-state index in [1.807, 2.05) is 0 Å². The van der Waals surface area contributed by atoms with Crippen molar-refractivity contribution in [3.8, 4) is 11.1 Å². The topological polar surface area (TPSA) is 108 Å². The van der Waals surface area contributed by atoms with Gasteiger partial charge < -0.3 is 15.6 Å². The van der Waals surface area contributed by atoms with Gasteiger partial charge in [-0.2, -0.15) is 23.5 Å². The number of nitrogens with zero attached hydrogens (tertiary/aromatic N) is 3. The zero-order chi connectivity index (χ0) is 17.4. The second-order valence-electron chi connectivity index (χ2n) is 4.12. The van der Waals surface area contributed by atoms with Crippen LogP contribution in [0.3, 0.4) is 0 Å². The summed E-state index contributed by atoms with van der Waals surface area (Å²) in [5.41, 5.74) is 4.05. The molecule has 0 unspecified atom stereocenters. The average molecular weight is 362 g/mol. The van der Waals surface area contributed by atoms with Gasteiger partial charge in [0.1, 0.15) is 16.9 Å². The zero-order valence-electron chi connectivity index (χ0n) is 10.9. The Morgan fingerprint density at radius 2 is 2.13 bits per heavy atom. The third-order valence-electron chi connectivity index (χ3n) is 2.72. The summed E-state index contributed by atoms with van der Waals surface area (Å²) >= 11 is 6.25. The summed E-state index contributed by atoms with van der Waals surface area (Å²) in [5, 5.41) is 24.6. The van der Waals surface area contributed by atoms with Crippen molar-refractivity contribution in [3.05, 3.63) is 34.5 Å². The largest absolute Gasteiger partial charge is 0.543 e. The van der Waals surface area contributed by atoms with E-state index in [0.717, 1.165) is 16.8 Å². The van der Waals surface area contributed by atoms with Crippen LogP contribution >= 0.6 is 23.4 Å². The Bertz CT molecular complexity index is 829. The van der Waals surface area contributed by atoms with Gasteiger partial charge in [0, 0.05) is 0 Å². The number of carboxylic acid groups (broad SMARTS) is 1. The van der Waals surface area contributed by atoms with Crippen molar-refractivity contribution in [1.29, 1.82) is 5.26 Å². The fourth-order valence-corrected chi connectivity index (χ4v) is 2.50. The number of anilines is 1. The first-order chi connectivity index (χ1) is 10.7. The van der Waals surface area contributed by atoms with Gasteiger partial charge in [0.05, 0.1) is 27.1 Å². The number of hydrogen-bond donors (Lipinski definition) is 1. The summed E-state index contributed by atoms with van der Waals surface area (Å²) in [6.45, 7) is 0. The quantitative estimate of drug-likeness (QED) is 0.662. The Morgan fingerprint density at radius 1 is 1.48 bits per heavy atom. The molecule has 0 spiro atoms. The predicted molar refractivity (Wildman–Crippen MR) is 73.8 cm³/mol. The van der Waals surface area contributed by atoms with Crippen molar-refractivity contribution in [2.45, 2.75) is 11.1 Å². The van der Waals surface area contributed by atoms with Gasteiger partial charge in [-0.1, -0.05) is 11.6 Å². The minimum atomic E-state index is -4.59. The van der Waals surface area contributed by atoms with Crippen LogP contribution in [-0.4, -0.2) is 15.7 Å². The highest BCUT2D eigenvalue weighted by Gasteiger charge is 2.31. The van der Waals surface area contributed by atoms with Crippen LogP contribution in [0.5, 0.6) is 0 Å². The van der Waals surface area contributed by atoms with E-state index in [-0.39, 0.29) is 21.4 Å². The Kier molecular flexibility index (Phi) is 4.44. The van der Waals surface area contributed by atoms with Gasteiger partial charge in [0.25, 0.3) is 0 Å². The third kappa shape index (κ3) is 3.20. The Hall–Kier alpha value is -2.38. The fourth-order valence-electron chi connectivity index (χ4n) is 1.74. The van der Waals surface area contributed by atoms with Crippen molar-refractivity contribution < 1.29 is 23.1 Å². The van der Waals surface area contributed by atoms with Gasteiger partial charge in [0.15, 0.2) is 0 Å². The van der Waals surface area contributed by atoms with Crippen LogP contribution in [0, 0.1) is 10.7 Å². The predicted octanol–water partition coefficient (Wildman–Crippen LogP) is 2.06. The number of rotatable bonds is 3. The number of halogens is 4. The number of benzene rings is 1. The molecule has 0 radical (unpaired) electrons. The van der Waals surface area contributed by atoms with Crippen LogP contribution in [0.15, 0.2) is 23.1 Å². The molecule has 1 aromatic heterocycles. The highest BCUT2D eigenvalue weighted by molar-refractivity contribution is 8.04. The SMILES string of the molecule is N#CSc1c(C(=O)[O-])nn(-c2ccc(C(F)(F)F)cc2Cl)c1N. The Labute approximate surface area is 136 Å². The minimum Gasteiger partial charge on any atom is -0.543 e. The lowest BCUT2D eigenvalue weighted by Crippen LogP contribution is -2.23. The number of aromatic carboxylic acids is 1. The number of carboxylic acids is 1. The lowest BCUT2D eigenvalue weighted by molar-refractivity contribution is -0.255. The number of alkyl halides is 3. The van der Waals surface area contributed by atoms with Gasteiger partial charge >= 0.3 is 6.18 Å². The maximum atomic E-state index is 12.6. The number of carbonyl (C=O) groups is 1. The first kappa shape index (κ1) is 17.0. The monoisotopic (exact) mass is 361 g/mol. The van der Waals surface area contributed by atoms with Crippen LogP contribution in [0.4, 0.5) is 19.0 Å². The van der Waals surface area contributed by atoms with Gasteiger partial charge in [-0.25, -0.2) is 4.68 Å². The molecule has 2 aromatic rings. The highest BCUT2D eigenvalue weighted by atomic mass is 35.5. The molecule has 6 nitrogen and oxygen atoms in total. The lowest BCUT2D eigenvalue weighted by atomic mass is 10.2. The number of carbonyl (C=O) groups excluding carboxylic acids is 1. The van der Waals surface area contributed by atoms with E-state index >= 15 is 0 Å². The average Bonchev–Trinajstić information content (AvgIpc) is 2.76. The van der Waals surface area contributed by atoms with Gasteiger partial charge in [-0.05, 0) is 30.0 Å². The molecule has 0 atom stereocenters. The Balaban J connectivity index is 2.62. The molecule has 120 valence electrons. The van der Waals surface area contributed by atoms with E-state index in [2.05, 4.69) is 5.10 Å². The molecule has 0 bridgehead atoms. The Morgan fingerprint density at radius 3 is 2.61 bits per heavy atom. The number of thiocyanates is 1. The molecule has 0 saturated heterocycles. The number of hydrogen-bond acceptors (Lipinski definition) is 6. The molecular formula is C12H5ClF3N4O2S-. The van der Waals surface area contributed by atoms with E-state index in [9.17, 15) is 23.1 Å². The molecule has 0 aliphatic carbocycles. The summed E-state index contributed by atoms with van der Waals surface area (Å²) in [6.07, 6.45) is -4.59. The van der Waals surface area contributed by atoms with E-state index < -0.39 is 23.4 Å². The van der Waals surface area contributed by atoms with Crippen molar-refractivity contribution in [2.75, 3.05) is 5.73 Å². The molecule has 0 amide bonds. The molecule has 2 N–H and O–H groups in total. The summed E-state index contributed by atoms with van der Waals surface area (Å²) in [6, 6.07) is 2.40. The van der Waals surface area contributed by atoms with Gasteiger partial charge in [0.2, 0.25) is 0 Å². The summed E-state index contributed by atoms with van der Waals surface area (Å²) in [5.74, 6) is -1.94. The van der Waals surface area contributed by atoms with Crippen LogP contribution < -0.4 is 10.8 Å². The van der Waals surface area contributed by atoms with Gasteiger partial charge in [-0.3, -0.25) is 0 Å². The lowest BCUT2D eigenvalue weighted by Gasteiger charge is -2.11. The number of nitriles is 1. The molecule has 0 saturated carbocycles. The molecular weight excluding hydrogens is 357 g/mol. The second kappa shape index (κ2) is 6.02. The van der Waals surface area contributed by atoms with E-state index in [4.69, 9.17) is 22.6 Å². The molecule has 23 heavy (non-hydrogen) atoms. The van der Waals surface area contributed by atoms with Crippen LogP contribution in [-0.2, 0) is 6.18 Å². The maximum Gasteiger partial charge on any atom is 0.416 e. The van der Waals surface area contributed by atoms with E-state index in [0.29, 0.717) is 17.8 Å². The maximum absolute atomic E-state index is 12.6. The fraction of sp³-hybridized carbons (Fsp3) is 0.0833. The molecule has 0 aliphatic rings. The van der Waals surface area contributed by atoms with Crippen LogP contribution in [0.25, 0.3) is 5.69 Å². The minimum absolute atomic E-state index is 0.0653. The normalized spacial score (nSPS) is 11.3. The third-order valence-corrected chi connectivity index (χ3v) is 3.72. The second-order valence-corrected chi connectivity index (χ2v) is 5.32. The van der Waals surface area contributed by atoms with Gasteiger partial charge in [-0.15, -0.1) is 0 Å². The van der Waals surface area contributed by atoms with Crippen molar-refractivity contribution >= 4 is 35.1 Å². The summed E-state index contributed by atoms with van der Waals surface area (Å²) in [4.78, 5) is 10.8. The first-order valence-corrected chi connectivity index (χ1v) is 6.89. The van der Waals surface area contributed by atoms with Crippen molar-refractivity contribution in [2.24, 2.45) is 0 Å². The van der Waals surface area contributed by atoms with E-state index in [1.165, 1.54) is 0 Å². The molecule has 2 rings (SSSR count). The van der Waals surface area contributed by atoms with Crippen molar-refractivity contribution in [3.63, 3.8) is 0 Å². The summed E-state index contributed by atoms with van der Waals surface area (Å²) in [7, 11) is 0. The standard InChI is InChI=1S/C12H6ClF3N4O2S/c13-6-3-5(12(14,15)16)1-2-7(6)20-10(18)9(23-4-17)8(19-20)11(21)22/h1-3H,18H2,(H,21,22)/p-1. The van der Waals surface area contributed by atoms with Crippen LogP contribution in [0.2, 0.25) is 5.02 Å². The van der Waals surface area contributed by atoms with E-state index in [1.54, 1.807) is 5.40 Å². The zero-order valence-corrected chi connectivity index (χ0v) is 12.5.